The molecule has 1 fully saturated rings. The van der Waals surface area contributed by atoms with Crippen molar-refractivity contribution < 1.29 is 58.2 Å². The number of aliphatic carboxylic acids is 1. The molecule has 0 saturated carbocycles. The van der Waals surface area contributed by atoms with Gasteiger partial charge in [0.15, 0.2) is 24.6 Å². The van der Waals surface area contributed by atoms with Gasteiger partial charge in [0.05, 0.1) is 6.61 Å². The molecule has 448 valence electrons. The number of ether oxygens (including phenoxy) is 5. The van der Waals surface area contributed by atoms with E-state index < -0.39 is 67.3 Å². The Morgan fingerprint density at radius 1 is 0.416 bits per heavy atom. The summed E-state index contributed by atoms with van der Waals surface area (Å²) >= 11 is 0. The molecule has 77 heavy (non-hydrogen) atoms. The lowest BCUT2D eigenvalue weighted by Gasteiger charge is -2.40. The molecule has 0 radical (unpaired) electrons. The maximum absolute atomic E-state index is 13.2. The van der Waals surface area contributed by atoms with Gasteiger partial charge >= 0.3 is 23.9 Å². The molecule has 0 aromatic carbocycles. The van der Waals surface area contributed by atoms with Crippen LogP contribution < -0.4 is 0 Å². The Hall–Kier alpha value is -3.06. The molecule has 6 unspecified atom stereocenters. The van der Waals surface area contributed by atoms with Gasteiger partial charge in [-0.05, 0) is 96.3 Å². The molecule has 0 aliphatic carbocycles. The van der Waals surface area contributed by atoms with Crippen LogP contribution in [0.1, 0.15) is 303 Å². The largest absolute Gasteiger partial charge is 0.479 e. The summed E-state index contributed by atoms with van der Waals surface area (Å²) in [5.74, 6) is -3.12. The third-order valence-electron chi connectivity index (χ3n) is 14.7. The minimum atomic E-state index is -1.90. The van der Waals surface area contributed by atoms with Crippen LogP contribution in [0.3, 0.4) is 0 Å². The highest BCUT2D eigenvalue weighted by Gasteiger charge is 2.50. The minimum absolute atomic E-state index is 0.0519. The summed E-state index contributed by atoms with van der Waals surface area (Å²) in [4.78, 5) is 51.2. The van der Waals surface area contributed by atoms with Crippen LogP contribution in [-0.2, 0) is 42.9 Å². The van der Waals surface area contributed by atoms with Crippen molar-refractivity contribution >= 4 is 23.9 Å². The van der Waals surface area contributed by atoms with Crippen LogP contribution in [0.2, 0.25) is 0 Å². The summed E-state index contributed by atoms with van der Waals surface area (Å²) in [6, 6.07) is 0. The second kappa shape index (κ2) is 53.6. The second-order valence-corrected chi connectivity index (χ2v) is 22.0. The molecule has 1 saturated heterocycles. The van der Waals surface area contributed by atoms with E-state index >= 15 is 0 Å². The van der Waals surface area contributed by atoms with Crippen molar-refractivity contribution in [3.63, 3.8) is 0 Å². The van der Waals surface area contributed by atoms with Crippen LogP contribution in [0.5, 0.6) is 0 Å². The highest BCUT2D eigenvalue weighted by Crippen LogP contribution is 2.27. The van der Waals surface area contributed by atoms with E-state index in [4.69, 9.17) is 23.7 Å². The second-order valence-electron chi connectivity index (χ2n) is 22.0. The van der Waals surface area contributed by atoms with Gasteiger partial charge in [0, 0.05) is 19.3 Å². The molecule has 1 rings (SSSR count). The van der Waals surface area contributed by atoms with Crippen molar-refractivity contribution in [3.8, 4) is 0 Å². The fourth-order valence-electron chi connectivity index (χ4n) is 9.71. The summed E-state index contributed by atoms with van der Waals surface area (Å²) < 4.78 is 28.5. The van der Waals surface area contributed by atoms with E-state index in [0.717, 1.165) is 96.3 Å². The molecule has 0 aromatic rings. The maximum Gasteiger partial charge on any atom is 0.335 e. The van der Waals surface area contributed by atoms with E-state index in [-0.39, 0.29) is 25.9 Å². The number of aliphatic hydroxyl groups is 2. The van der Waals surface area contributed by atoms with Gasteiger partial charge in [-0.2, -0.15) is 0 Å². The lowest BCUT2D eigenvalue weighted by Crippen LogP contribution is -2.61. The number of esters is 3. The zero-order valence-corrected chi connectivity index (χ0v) is 49.5. The van der Waals surface area contributed by atoms with Crippen LogP contribution in [-0.4, -0.2) is 89.2 Å². The number of hydrogen-bond donors (Lipinski definition) is 3. The first kappa shape index (κ1) is 72.0. The first-order valence-electron chi connectivity index (χ1n) is 32.0. The van der Waals surface area contributed by atoms with Crippen molar-refractivity contribution in [2.75, 3.05) is 13.2 Å². The van der Waals surface area contributed by atoms with Crippen LogP contribution in [0.15, 0.2) is 36.5 Å². The monoisotopic (exact) mass is 1090 g/mol. The van der Waals surface area contributed by atoms with E-state index in [1.807, 2.05) is 0 Å². The number of carboxylic acids is 1. The van der Waals surface area contributed by atoms with Crippen LogP contribution in [0, 0.1) is 0 Å². The minimum Gasteiger partial charge on any atom is -0.479 e. The number of carboxylic acid groups (broad SMARTS) is 1. The van der Waals surface area contributed by atoms with E-state index in [0.29, 0.717) is 19.3 Å². The standard InChI is InChI=1S/C65H116O12/c1-4-7-10-13-16-19-22-25-27-28-29-30-32-34-36-39-42-45-48-51-57(66)73-54-56(75-58(67)52-49-46-43-40-38-35-31-26-23-20-17-14-11-8-5-2)55-74-65-63(61(70)60(69)62(77-65)64(71)72)76-59(68)53-50-47-44-41-37-33-24-21-18-15-12-9-6-3/h21,24-27,31,56,60-63,65,69-70H,4-20,22-23,28-30,32-55H2,1-3H3,(H,71,72)/b24-21-,27-25-,31-26-. The fourth-order valence-corrected chi connectivity index (χ4v) is 9.71. The van der Waals surface area contributed by atoms with Gasteiger partial charge < -0.3 is 39.0 Å². The number of hydrogen-bond acceptors (Lipinski definition) is 11. The lowest BCUT2D eigenvalue weighted by molar-refractivity contribution is -0.301. The molecular weight excluding hydrogens is 973 g/mol. The van der Waals surface area contributed by atoms with Gasteiger partial charge in [0.25, 0.3) is 0 Å². The summed E-state index contributed by atoms with van der Waals surface area (Å²) in [6.07, 6.45) is 51.1. The SMILES string of the molecule is CCCCCC/C=C\CCCCCCCC(=O)OC1C(OCC(COC(=O)CCCCCCCCCCC/C=C\CCCCCCCC)OC(=O)CCCCCCC/C=C\CCCCCCCC)OC(C(=O)O)C(O)C1O. The zero-order chi connectivity index (χ0) is 56.1. The van der Waals surface area contributed by atoms with E-state index in [2.05, 4.69) is 57.2 Å². The Kier molecular flexibility index (Phi) is 50.1. The van der Waals surface area contributed by atoms with Gasteiger partial charge in [-0.15, -0.1) is 0 Å². The van der Waals surface area contributed by atoms with Crippen molar-refractivity contribution in [2.24, 2.45) is 0 Å². The molecule has 1 aliphatic heterocycles. The van der Waals surface area contributed by atoms with Crippen molar-refractivity contribution in [1.29, 1.82) is 0 Å². The van der Waals surface area contributed by atoms with Gasteiger partial charge in [0.1, 0.15) is 18.8 Å². The van der Waals surface area contributed by atoms with E-state index in [9.17, 15) is 34.5 Å². The van der Waals surface area contributed by atoms with Crippen LogP contribution in [0.4, 0.5) is 0 Å². The lowest BCUT2D eigenvalue weighted by atomic mass is 9.98. The highest BCUT2D eigenvalue weighted by molar-refractivity contribution is 5.74. The predicted octanol–water partition coefficient (Wildman–Crippen LogP) is 16.8. The molecule has 12 nitrogen and oxygen atoms in total. The Morgan fingerprint density at radius 3 is 1.12 bits per heavy atom. The summed E-state index contributed by atoms with van der Waals surface area (Å²) in [5.41, 5.74) is 0. The molecule has 0 amide bonds. The van der Waals surface area contributed by atoms with E-state index in [1.54, 1.807) is 0 Å². The summed E-state index contributed by atoms with van der Waals surface area (Å²) in [7, 11) is 0. The Morgan fingerprint density at radius 2 is 0.740 bits per heavy atom. The molecule has 12 heteroatoms. The topological polar surface area (TPSA) is 175 Å². The third kappa shape index (κ3) is 43.4. The number of aliphatic hydroxyl groups excluding tert-OH is 2. The molecule has 1 aliphatic rings. The predicted molar refractivity (Wildman–Crippen MR) is 313 cm³/mol. The van der Waals surface area contributed by atoms with Gasteiger partial charge in [-0.25, -0.2) is 4.79 Å². The van der Waals surface area contributed by atoms with Gasteiger partial charge in [-0.1, -0.05) is 224 Å². The fraction of sp³-hybridized carbons (Fsp3) is 0.846. The summed E-state index contributed by atoms with van der Waals surface area (Å²) in [5, 5.41) is 31.5. The van der Waals surface area contributed by atoms with Crippen molar-refractivity contribution in [2.45, 2.75) is 340 Å². The number of carbonyl (C=O) groups is 4. The van der Waals surface area contributed by atoms with Crippen LogP contribution in [0.25, 0.3) is 0 Å². The third-order valence-corrected chi connectivity index (χ3v) is 14.7. The first-order chi connectivity index (χ1) is 37.6. The molecule has 6 atom stereocenters. The summed E-state index contributed by atoms with van der Waals surface area (Å²) in [6.45, 7) is 5.99. The average molecular weight is 1090 g/mol. The van der Waals surface area contributed by atoms with Crippen LogP contribution >= 0.6 is 0 Å². The first-order valence-corrected chi connectivity index (χ1v) is 32.0. The number of allylic oxidation sites excluding steroid dienone is 6. The number of unbranched alkanes of at least 4 members (excludes halogenated alkanes) is 35. The van der Waals surface area contributed by atoms with Crippen molar-refractivity contribution in [1.82, 2.24) is 0 Å². The van der Waals surface area contributed by atoms with E-state index in [1.165, 1.54) is 148 Å². The smallest absolute Gasteiger partial charge is 0.335 e. The quantitative estimate of drug-likeness (QED) is 0.0228. The van der Waals surface area contributed by atoms with Gasteiger partial charge in [-0.3, -0.25) is 14.4 Å². The number of carbonyl (C=O) groups excluding carboxylic acids is 3. The maximum atomic E-state index is 13.2. The molecular formula is C65H116O12. The Bertz CT molecular complexity index is 1480. The normalized spacial score (nSPS) is 18.2. The molecule has 0 aromatic heterocycles. The molecule has 0 bridgehead atoms. The number of rotatable bonds is 55. The highest BCUT2D eigenvalue weighted by atomic mass is 16.7. The average Bonchev–Trinajstić information content (AvgIpc) is 3.42. The molecule has 0 spiro atoms. The molecule has 3 N–H and O–H groups in total. The Balaban J connectivity index is 2.65. The Labute approximate surface area is 470 Å². The van der Waals surface area contributed by atoms with Gasteiger partial charge in [0.2, 0.25) is 0 Å². The molecule has 1 heterocycles. The van der Waals surface area contributed by atoms with Crippen molar-refractivity contribution in [3.05, 3.63) is 36.5 Å². The zero-order valence-electron chi connectivity index (χ0n) is 49.5.